The molecule has 0 aromatic heterocycles. The summed E-state index contributed by atoms with van der Waals surface area (Å²) in [5, 5.41) is 9.22. The molecule has 0 heterocycles. The largest absolute Gasteiger partial charge is 0.392 e. The van der Waals surface area contributed by atoms with E-state index in [-0.39, 0.29) is 6.61 Å². The van der Waals surface area contributed by atoms with Gasteiger partial charge in [0.25, 0.3) is 0 Å². The minimum atomic E-state index is 0.250. The third-order valence-electron chi connectivity index (χ3n) is 3.71. The molecule has 2 rings (SSSR count). The van der Waals surface area contributed by atoms with Gasteiger partial charge in [0.2, 0.25) is 0 Å². The SMILES string of the molecule is CC1(C)CC=C(CO)C[C@H]2CCC=C21. The maximum atomic E-state index is 9.22. The number of hydrogen-bond donors (Lipinski definition) is 1. The van der Waals surface area contributed by atoms with Gasteiger partial charge in [0.1, 0.15) is 0 Å². The van der Waals surface area contributed by atoms with Crippen LogP contribution in [0.25, 0.3) is 0 Å². The van der Waals surface area contributed by atoms with Crippen LogP contribution in [-0.2, 0) is 0 Å². The lowest BCUT2D eigenvalue weighted by atomic mass is 9.77. The van der Waals surface area contributed by atoms with Crippen LogP contribution in [0.1, 0.15) is 39.5 Å². The molecule has 1 N–H and O–H groups in total. The normalized spacial score (nSPS) is 30.4. The van der Waals surface area contributed by atoms with Crippen molar-refractivity contribution in [1.29, 1.82) is 0 Å². The molecule has 2 aliphatic rings. The number of hydrogen-bond acceptors (Lipinski definition) is 1. The van der Waals surface area contributed by atoms with Gasteiger partial charge < -0.3 is 5.11 Å². The fourth-order valence-corrected chi connectivity index (χ4v) is 2.85. The molecule has 0 spiro atoms. The zero-order valence-corrected chi connectivity index (χ0v) is 9.21. The van der Waals surface area contributed by atoms with Crippen LogP contribution in [0.15, 0.2) is 23.3 Å². The third kappa shape index (κ3) is 1.66. The Bertz CT molecular complexity index is 284. The molecule has 0 aromatic carbocycles. The Labute approximate surface area is 86.5 Å². The third-order valence-corrected chi connectivity index (χ3v) is 3.71. The Hall–Kier alpha value is -0.560. The predicted molar refractivity (Wildman–Crippen MR) is 59.0 cm³/mol. The average Bonchev–Trinajstić information content (AvgIpc) is 2.56. The van der Waals surface area contributed by atoms with Crippen molar-refractivity contribution >= 4 is 0 Å². The molecule has 14 heavy (non-hydrogen) atoms. The van der Waals surface area contributed by atoms with Crippen LogP contribution in [0.2, 0.25) is 0 Å². The molecule has 0 aliphatic heterocycles. The van der Waals surface area contributed by atoms with E-state index in [1.54, 1.807) is 5.57 Å². The van der Waals surface area contributed by atoms with E-state index >= 15 is 0 Å². The highest BCUT2D eigenvalue weighted by Gasteiger charge is 2.33. The van der Waals surface area contributed by atoms with E-state index < -0.39 is 0 Å². The summed E-state index contributed by atoms with van der Waals surface area (Å²) in [4.78, 5) is 0. The van der Waals surface area contributed by atoms with E-state index in [9.17, 15) is 5.11 Å². The van der Waals surface area contributed by atoms with Gasteiger partial charge in [0.05, 0.1) is 6.61 Å². The van der Waals surface area contributed by atoms with Crippen molar-refractivity contribution < 1.29 is 5.11 Å². The van der Waals surface area contributed by atoms with Gasteiger partial charge >= 0.3 is 0 Å². The number of allylic oxidation sites excluding steroid dienone is 3. The molecule has 0 radical (unpaired) electrons. The summed E-state index contributed by atoms with van der Waals surface area (Å²) >= 11 is 0. The molecule has 1 heteroatoms. The molecular formula is C13H20O. The molecule has 0 aromatic rings. The van der Waals surface area contributed by atoms with Crippen LogP contribution < -0.4 is 0 Å². The van der Waals surface area contributed by atoms with Crippen molar-refractivity contribution in [3.8, 4) is 0 Å². The molecule has 0 unspecified atom stereocenters. The quantitative estimate of drug-likeness (QED) is 0.633. The molecule has 0 bridgehead atoms. The minimum Gasteiger partial charge on any atom is -0.392 e. The fraction of sp³-hybridized carbons (Fsp3) is 0.692. The van der Waals surface area contributed by atoms with Gasteiger partial charge in [-0.3, -0.25) is 0 Å². The molecule has 1 nitrogen and oxygen atoms in total. The predicted octanol–water partition coefficient (Wildman–Crippen LogP) is 3.06. The molecular weight excluding hydrogens is 172 g/mol. The zero-order valence-electron chi connectivity index (χ0n) is 9.21. The first-order chi connectivity index (χ1) is 6.63. The van der Waals surface area contributed by atoms with Gasteiger partial charge in [0, 0.05) is 0 Å². The van der Waals surface area contributed by atoms with Crippen LogP contribution in [-0.4, -0.2) is 11.7 Å². The van der Waals surface area contributed by atoms with Gasteiger partial charge in [0.15, 0.2) is 0 Å². The lowest BCUT2D eigenvalue weighted by molar-refractivity contribution is 0.321. The molecule has 0 saturated heterocycles. The number of fused-ring (bicyclic) bond motifs is 1. The summed E-state index contributed by atoms with van der Waals surface area (Å²) < 4.78 is 0. The summed E-state index contributed by atoms with van der Waals surface area (Å²) in [6, 6.07) is 0. The van der Waals surface area contributed by atoms with Crippen molar-refractivity contribution in [3.05, 3.63) is 23.3 Å². The van der Waals surface area contributed by atoms with E-state index in [0.29, 0.717) is 11.3 Å². The van der Waals surface area contributed by atoms with Gasteiger partial charge in [-0.2, -0.15) is 0 Å². The van der Waals surface area contributed by atoms with Crippen LogP contribution >= 0.6 is 0 Å². The zero-order chi connectivity index (χ0) is 10.2. The van der Waals surface area contributed by atoms with Gasteiger partial charge in [-0.05, 0) is 42.6 Å². The molecule has 0 fully saturated rings. The van der Waals surface area contributed by atoms with Crippen molar-refractivity contribution in [1.82, 2.24) is 0 Å². The maximum absolute atomic E-state index is 9.22. The highest BCUT2D eigenvalue weighted by Crippen LogP contribution is 2.46. The topological polar surface area (TPSA) is 20.2 Å². The number of aliphatic hydroxyl groups excluding tert-OH is 1. The van der Waals surface area contributed by atoms with Gasteiger partial charge in [-0.1, -0.05) is 31.6 Å². The van der Waals surface area contributed by atoms with E-state index in [2.05, 4.69) is 26.0 Å². The maximum Gasteiger partial charge on any atom is 0.0641 e. The Balaban J connectivity index is 2.27. The Kier molecular flexibility index (Phi) is 2.52. The highest BCUT2D eigenvalue weighted by molar-refractivity contribution is 5.27. The summed E-state index contributed by atoms with van der Waals surface area (Å²) in [5.74, 6) is 0.714. The second-order valence-corrected chi connectivity index (χ2v) is 5.25. The van der Waals surface area contributed by atoms with Crippen LogP contribution in [0, 0.1) is 11.3 Å². The smallest absolute Gasteiger partial charge is 0.0641 e. The summed E-state index contributed by atoms with van der Waals surface area (Å²) in [6.07, 6.45) is 9.38. The summed E-state index contributed by atoms with van der Waals surface area (Å²) in [5.41, 5.74) is 3.20. The first-order valence-corrected chi connectivity index (χ1v) is 5.63. The summed E-state index contributed by atoms with van der Waals surface area (Å²) in [6.45, 7) is 4.90. The Morgan fingerprint density at radius 1 is 1.43 bits per heavy atom. The number of aliphatic hydroxyl groups is 1. The molecule has 1 atom stereocenters. The first kappa shape index (κ1) is 9.97. The lowest BCUT2D eigenvalue weighted by Crippen LogP contribution is -2.16. The monoisotopic (exact) mass is 192 g/mol. The van der Waals surface area contributed by atoms with Crippen LogP contribution in [0.3, 0.4) is 0 Å². The van der Waals surface area contributed by atoms with Crippen molar-refractivity contribution in [3.63, 3.8) is 0 Å². The van der Waals surface area contributed by atoms with Crippen molar-refractivity contribution in [2.45, 2.75) is 39.5 Å². The first-order valence-electron chi connectivity index (χ1n) is 5.63. The fourth-order valence-electron chi connectivity index (χ4n) is 2.85. The average molecular weight is 192 g/mol. The summed E-state index contributed by atoms with van der Waals surface area (Å²) in [7, 11) is 0. The Morgan fingerprint density at radius 3 is 2.93 bits per heavy atom. The molecule has 2 aliphatic carbocycles. The van der Waals surface area contributed by atoms with E-state index in [4.69, 9.17) is 0 Å². The minimum absolute atomic E-state index is 0.250. The Morgan fingerprint density at radius 2 is 2.21 bits per heavy atom. The van der Waals surface area contributed by atoms with Crippen molar-refractivity contribution in [2.24, 2.45) is 11.3 Å². The molecule has 78 valence electrons. The molecule has 0 amide bonds. The molecule has 0 saturated carbocycles. The second kappa shape index (κ2) is 3.54. The van der Waals surface area contributed by atoms with Crippen LogP contribution in [0.5, 0.6) is 0 Å². The van der Waals surface area contributed by atoms with Gasteiger partial charge in [-0.25, -0.2) is 0 Å². The standard InChI is InChI=1S/C13H20O/c1-13(2)7-6-10(9-14)8-11-4-3-5-12(11)13/h5-6,11,14H,3-4,7-9H2,1-2H3/t11-/m1/s1. The van der Waals surface area contributed by atoms with Crippen molar-refractivity contribution in [2.75, 3.05) is 6.61 Å². The highest BCUT2D eigenvalue weighted by atomic mass is 16.3. The lowest BCUT2D eigenvalue weighted by Gasteiger charge is -2.27. The van der Waals surface area contributed by atoms with E-state index in [1.165, 1.54) is 18.4 Å². The second-order valence-electron chi connectivity index (χ2n) is 5.25. The van der Waals surface area contributed by atoms with E-state index in [0.717, 1.165) is 12.8 Å². The van der Waals surface area contributed by atoms with Gasteiger partial charge in [-0.15, -0.1) is 0 Å². The van der Waals surface area contributed by atoms with E-state index in [1.807, 2.05) is 0 Å². The number of rotatable bonds is 1. The van der Waals surface area contributed by atoms with Crippen LogP contribution in [0.4, 0.5) is 0 Å².